The quantitative estimate of drug-likeness (QED) is 0.354. The maximum absolute atomic E-state index is 13.7. The van der Waals surface area contributed by atoms with E-state index in [2.05, 4.69) is 0 Å². The molecule has 0 N–H and O–H groups in total. The van der Waals surface area contributed by atoms with Crippen LogP contribution >= 0.6 is 0 Å². The fourth-order valence-electron chi connectivity index (χ4n) is 3.52. The minimum Gasteiger partial charge on any atom is -0.466 e. The second kappa shape index (κ2) is 8.45. The number of rotatable bonds is 7. The van der Waals surface area contributed by atoms with E-state index in [1.54, 1.807) is 6.92 Å². The molecule has 0 aromatic heterocycles. The lowest BCUT2D eigenvalue weighted by Crippen LogP contribution is -2.39. The minimum absolute atomic E-state index is 0.204. The highest BCUT2D eigenvalue weighted by Crippen LogP contribution is 2.41. The Hall–Kier alpha value is -3.20. The average Bonchev–Trinajstić information content (AvgIpc) is 2.71. The fraction of sp³-hybridized carbons (Fsp3) is 0.167. The van der Waals surface area contributed by atoms with Gasteiger partial charge >= 0.3 is 5.97 Å². The molecule has 0 saturated heterocycles. The Balaban J connectivity index is 2.26. The maximum atomic E-state index is 13.7. The number of Topliss-reactive ketones (excluding diaryl/α,β-unsaturated/α-hetero) is 1. The lowest BCUT2D eigenvalue weighted by molar-refractivity contribution is -0.146. The summed E-state index contributed by atoms with van der Waals surface area (Å²) in [6.45, 7) is 1.99. The molecule has 0 aliphatic rings. The Labute approximate surface area is 159 Å². The average molecular weight is 358 g/mol. The van der Waals surface area contributed by atoms with Gasteiger partial charge in [0.2, 0.25) is 0 Å². The number of carbonyl (C=O) groups excluding carboxylic acids is 2. The van der Waals surface area contributed by atoms with Crippen LogP contribution in [0.3, 0.4) is 0 Å². The van der Waals surface area contributed by atoms with E-state index in [0.29, 0.717) is 0 Å². The van der Waals surface area contributed by atoms with Crippen molar-refractivity contribution in [1.82, 2.24) is 0 Å². The highest BCUT2D eigenvalue weighted by Gasteiger charge is 2.44. The van der Waals surface area contributed by atoms with Crippen molar-refractivity contribution in [2.45, 2.75) is 18.8 Å². The Morgan fingerprint density at radius 1 is 0.704 bits per heavy atom. The van der Waals surface area contributed by atoms with Gasteiger partial charge in [-0.3, -0.25) is 9.59 Å². The molecule has 0 atom stereocenters. The molecule has 3 rings (SSSR count). The van der Waals surface area contributed by atoms with E-state index >= 15 is 0 Å². The Kier molecular flexibility index (Phi) is 5.82. The fourth-order valence-corrected chi connectivity index (χ4v) is 3.52. The lowest BCUT2D eigenvalue weighted by Gasteiger charge is -2.34. The van der Waals surface area contributed by atoms with Gasteiger partial charge in [-0.15, -0.1) is 0 Å². The van der Waals surface area contributed by atoms with Crippen molar-refractivity contribution in [2.24, 2.45) is 0 Å². The molecule has 27 heavy (non-hydrogen) atoms. The predicted molar refractivity (Wildman–Crippen MR) is 105 cm³/mol. The van der Waals surface area contributed by atoms with Gasteiger partial charge < -0.3 is 4.74 Å². The molecule has 3 aromatic carbocycles. The van der Waals surface area contributed by atoms with Gasteiger partial charge in [-0.25, -0.2) is 0 Å². The highest BCUT2D eigenvalue weighted by atomic mass is 16.5. The lowest BCUT2D eigenvalue weighted by atomic mass is 9.66. The van der Waals surface area contributed by atoms with Crippen molar-refractivity contribution in [3.05, 3.63) is 108 Å². The molecule has 3 nitrogen and oxygen atoms in total. The Morgan fingerprint density at radius 3 is 1.41 bits per heavy atom. The number of esters is 1. The third-order valence-electron chi connectivity index (χ3n) is 4.65. The van der Waals surface area contributed by atoms with Gasteiger partial charge in [-0.05, 0) is 23.6 Å². The van der Waals surface area contributed by atoms with Crippen LogP contribution in [-0.2, 0) is 19.7 Å². The molecule has 0 bridgehead atoms. The zero-order valence-electron chi connectivity index (χ0n) is 15.3. The summed E-state index contributed by atoms with van der Waals surface area (Å²) < 4.78 is 5.06. The normalized spacial score (nSPS) is 11.0. The van der Waals surface area contributed by atoms with Crippen LogP contribution in [0.1, 0.15) is 30.0 Å². The molecule has 136 valence electrons. The van der Waals surface area contributed by atoms with Crippen molar-refractivity contribution in [3.8, 4) is 0 Å². The SMILES string of the molecule is CCOC(=O)CC(=O)C(c1ccccc1)(c1ccccc1)c1ccccc1. The molecule has 0 aliphatic carbocycles. The first-order valence-electron chi connectivity index (χ1n) is 9.05. The molecule has 0 radical (unpaired) electrons. The third-order valence-corrected chi connectivity index (χ3v) is 4.65. The summed E-state index contributed by atoms with van der Waals surface area (Å²) in [4.78, 5) is 25.8. The van der Waals surface area contributed by atoms with Gasteiger partial charge in [-0.1, -0.05) is 91.0 Å². The van der Waals surface area contributed by atoms with Crippen molar-refractivity contribution >= 4 is 11.8 Å². The van der Waals surface area contributed by atoms with Crippen LogP contribution in [0.5, 0.6) is 0 Å². The third kappa shape index (κ3) is 3.68. The first-order chi connectivity index (χ1) is 13.2. The molecule has 0 fully saturated rings. The molecule has 0 saturated carbocycles. The van der Waals surface area contributed by atoms with Crippen molar-refractivity contribution < 1.29 is 14.3 Å². The summed E-state index contributed by atoms with van der Waals surface area (Å²) in [5, 5.41) is 0. The summed E-state index contributed by atoms with van der Waals surface area (Å²) in [7, 11) is 0. The van der Waals surface area contributed by atoms with Crippen LogP contribution in [0.15, 0.2) is 91.0 Å². The zero-order chi connectivity index (χ0) is 19.1. The van der Waals surface area contributed by atoms with Crippen molar-refractivity contribution in [2.75, 3.05) is 6.61 Å². The van der Waals surface area contributed by atoms with Gasteiger partial charge in [0.05, 0.1) is 6.61 Å². The van der Waals surface area contributed by atoms with E-state index in [-0.39, 0.29) is 18.8 Å². The number of carbonyl (C=O) groups is 2. The van der Waals surface area contributed by atoms with Crippen LogP contribution in [0.2, 0.25) is 0 Å². The van der Waals surface area contributed by atoms with E-state index in [9.17, 15) is 9.59 Å². The molecule has 0 heterocycles. The molecule has 0 unspecified atom stereocenters. The summed E-state index contributed by atoms with van der Waals surface area (Å²) in [6.07, 6.45) is -0.285. The Morgan fingerprint density at radius 2 is 1.07 bits per heavy atom. The van der Waals surface area contributed by atoms with E-state index in [1.807, 2.05) is 91.0 Å². The standard InChI is InChI=1S/C24H22O3/c1-2-27-23(26)18-22(25)24(19-12-6-3-7-13-19,20-14-8-4-9-15-20)21-16-10-5-11-17-21/h3-17H,2,18H2,1H3. The molecule has 0 spiro atoms. The largest absolute Gasteiger partial charge is 0.466 e. The van der Waals surface area contributed by atoms with E-state index in [1.165, 1.54) is 0 Å². The molecule has 3 aromatic rings. The summed E-state index contributed by atoms with van der Waals surface area (Å²) in [5.74, 6) is -0.709. The van der Waals surface area contributed by atoms with Crippen LogP contribution in [0.25, 0.3) is 0 Å². The first-order valence-corrected chi connectivity index (χ1v) is 9.05. The smallest absolute Gasteiger partial charge is 0.313 e. The first kappa shape index (κ1) is 18.6. The van der Waals surface area contributed by atoms with E-state index < -0.39 is 11.4 Å². The van der Waals surface area contributed by atoms with Gasteiger partial charge in [0.1, 0.15) is 11.8 Å². The second-order valence-corrected chi connectivity index (χ2v) is 6.25. The van der Waals surface area contributed by atoms with Crippen LogP contribution in [-0.4, -0.2) is 18.4 Å². The maximum Gasteiger partial charge on any atom is 0.313 e. The molecular weight excluding hydrogens is 336 g/mol. The molecule has 0 aliphatic heterocycles. The predicted octanol–water partition coefficient (Wildman–Crippen LogP) is 4.54. The minimum atomic E-state index is -1.07. The van der Waals surface area contributed by atoms with Gasteiger partial charge in [0, 0.05) is 0 Å². The number of benzene rings is 3. The second-order valence-electron chi connectivity index (χ2n) is 6.25. The summed E-state index contributed by atoms with van der Waals surface area (Å²) in [6, 6.07) is 28.8. The number of ether oxygens (including phenoxy) is 1. The van der Waals surface area contributed by atoms with Crippen LogP contribution in [0, 0.1) is 0 Å². The summed E-state index contributed by atoms with van der Waals surface area (Å²) >= 11 is 0. The van der Waals surface area contributed by atoms with Crippen molar-refractivity contribution in [3.63, 3.8) is 0 Å². The van der Waals surface area contributed by atoms with E-state index in [4.69, 9.17) is 4.74 Å². The van der Waals surface area contributed by atoms with Gasteiger partial charge in [-0.2, -0.15) is 0 Å². The zero-order valence-corrected chi connectivity index (χ0v) is 15.3. The number of hydrogen-bond acceptors (Lipinski definition) is 3. The number of hydrogen-bond donors (Lipinski definition) is 0. The van der Waals surface area contributed by atoms with Crippen LogP contribution in [0.4, 0.5) is 0 Å². The molecular formula is C24H22O3. The van der Waals surface area contributed by atoms with E-state index in [0.717, 1.165) is 16.7 Å². The summed E-state index contributed by atoms with van der Waals surface area (Å²) in [5.41, 5.74) is 1.42. The Bertz CT molecular complexity index is 790. The van der Waals surface area contributed by atoms with Gasteiger partial charge in [0.25, 0.3) is 0 Å². The van der Waals surface area contributed by atoms with Crippen LogP contribution < -0.4 is 0 Å². The topological polar surface area (TPSA) is 43.4 Å². The van der Waals surface area contributed by atoms with Gasteiger partial charge in [0.15, 0.2) is 5.78 Å². The molecule has 0 amide bonds. The number of ketones is 1. The molecule has 3 heteroatoms. The highest BCUT2D eigenvalue weighted by molar-refractivity contribution is 6.06. The van der Waals surface area contributed by atoms with Crippen molar-refractivity contribution in [1.29, 1.82) is 0 Å². The monoisotopic (exact) mass is 358 g/mol.